The van der Waals surface area contributed by atoms with Crippen LogP contribution in [0.5, 0.6) is 0 Å². The van der Waals surface area contributed by atoms with Gasteiger partial charge in [-0.2, -0.15) is 23.2 Å². The topological polar surface area (TPSA) is 100 Å². The second-order valence-corrected chi connectivity index (χ2v) is 10.2. The molecule has 3 aromatic rings. The van der Waals surface area contributed by atoms with Gasteiger partial charge in [0.2, 0.25) is 10.0 Å². The normalized spacial score (nSPS) is 14.3. The van der Waals surface area contributed by atoms with Crippen LogP contribution in [0.25, 0.3) is 28.0 Å². The van der Waals surface area contributed by atoms with Crippen molar-refractivity contribution in [2.24, 2.45) is 4.99 Å². The Morgan fingerprint density at radius 1 is 1.26 bits per heavy atom. The number of aromatic nitrogens is 2. The lowest BCUT2D eigenvalue weighted by molar-refractivity contribution is -0.147. The quantitative estimate of drug-likeness (QED) is 0.219. The summed E-state index contributed by atoms with van der Waals surface area (Å²) in [6.07, 6.45) is 1.10. The summed E-state index contributed by atoms with van der Waals surface area (Å²) in [6.45, 7) is 7.64. The third-order valence-electron chi connectivity index (χ3n) is 5.90. The largest absolute Gasteiger partial charge is 0.404 e. The summed E-state index contributed by atoms with van der Waals surface area (Å²) in [4.78, 5) is 7.92. The predicted octanol–water partition coefficient (Wildman–Crippen LogP) is 6.11. The molecule has 7 nitrogen and oxygen atoms in total. The number of hydrogen-bond acceptors (Lipinski definition) is 5. The van der Waals surface area contributed by atoms with Crippen molar-refractivity contribution >= 4 is 32.8 Å². The summed E-state index contributed by atoms with van der Waals surface area (Å²) >= 11 is 0. The zero-order valence-corrected chi connectivity index (χ0v) is 22.0. The van der Waals surface area contributed by atoms with Gasteiger partial charge in [-0.3, -0.25) is 9.98 Å². The van der Waals surface area contributed by atoms with Crippen LogP contribution < -0.4 is 4.72 Å². The zero-order chi connectivity index (χ0) is 28.4. The molecule has 0 aliphatic rings. The monoisotopic (exact) mass is 547 g/mol. The molecule has 200 valence electrons. The number of benzene rings is 1. The minimum absolute atomic E-state index is 0.0844. The fourth-order valence-corrected chi connectivity index (χ4v) is 4.87. The number of fused-ring (bicyclic) bond motifs is 1. The van der Waals surface area contributed by atoms with E-state index in [-0.39, 0.29) is 17.0 Å². The van der Waals surface area contributed by atoms with E-state index in [9.17, 15) is 31.2 Å². The Balaban J connectivity index is 2.32. The number of nitrogens with one attached hydrogen (secondary N) is 1. The third-order valence-corrected chi connectivity index (χ3v) is 7.42. The number of pyridine rings is 1. The molecule has 0 spiro atoms. The molecule has 0 amide bonds. The van der Waals surface area contributed by atoms with Crippen molar-refractivity contribution in [3.63, 3.8) is 0 Å². The maximum atomic E-state index is 14.6. The van der Waals surface area contributed by atoms with E-state index in [0.29, 0.717) is 29.1 Å². The van der Waals surface area contributed by atoms with Crippen LogP contribution in [0, 0.1) is 24.1 Å². The average molecular weight is 548 g/mol. The molecule has 0 radical (unpaired) electrons. The van der Waals surface area contributed by atoms with Crippen LogP contribution in [0.3, 0.4) is 0 Å². The summed E-state index contributed by atoms with van der Waals surface area (Å²) < 4.78 is 81.6. The fourth-order valence-electron chi connectivity index (χ4n) is 3.69. The number of hydrogen-bond donors (Lipinski definition) is 1. The highest BCUT2D eigenvalue weighted by Gasteiger charge is 2.39. The lowest BCUT2D eigenvalue weighted by atomic mass is 10.1. The summed E-state index contributed by atoms with van der Waals surface area (Å²) in [5.41, 5.74) is 2.63. The predicted molar refractivity (Wildman–Crippen MR) is 138 cm³/mol. The van der Waals surface area contributed by atoms with Gasteiger partial charge in [-0.15, -0.1) is 0 Å². The van der Waals surface area contributed by atoms with E-state index < -0.39 is 33.0 Å². The van der Waals surface area contributed by atoms with E-state index in [0.717, 1.165) is 17.8 Å². The van der Waals surface area contributed by atoms with E-state index in [1.807, 2.05) is 19.9 Å². The molecule has 0 aliphatic heterocycles. The lowest BCUT2D eigenvalue weighted by Crippen LogP contribution is -2.42. The molecular formula is C26H25F4N5O2S. The Morgan fingerprint density at radius 2 is 1.95 bits per heavy atom. The summed E-state index contributed by atoms with van der Waals surface area (Å²) in [5.74, 6) is -0.517. The van der Waals surface area contributed by atoms with Crippen molar-refractivity contribution < 1.29 is 26.0 Å². The van der Waals surface area contributed by atoms with Gasteiger partial charge in [-0.25, -0.2) is 12.8 Å². The molecule has 12 heteroatoms. The Morgan fingerprint density at radius 3 is 2.47 bits per heavy atom. The molecule has 0 bridgehead atoms. The van der Waals surface area contributed by atoms with Crippen molar-refractivity contribution in [1.29, 1.82) is 5.26 Å². The molecule has 0 saturated heterocycles. The number of alkyl halides is 3. The second-order valence-electron chi connectivity index (χ2n) is 8.45. The highest BCUT2D eigenvalue weighted by Crippen LogP contribution is 2.38. The van der Waals surface area contributed by atoms with Gasteiger partial charge in [0, 0.05) is 17.8 Å². The van der Waals surface area contributed by atoms with E-state index in [1.54, 1.807) is 41.6 Å². The highest BCUT2D eigenvalue weighted by molar-refractivity contribution is 7.89. The Labute approximate surface area is 217 Å². The van der Waals surface area contributed by atoms with Crippen molar-refractivity contribution in [2.75, 3.05) is 0 Å². The van der Waals surface area contributed by atoms with Crippen LogP contribution in [-0.2, 0) is 10.0 Å². The van der Waals surface area contributed by atoms with Crippen molar-refractivity contribution in [1.82, 2.24) is 14.3 Å². The van der Waals surface area contributed by atoms with Crippen LogP contribution in [0.15, 0.2) is 58.2 Å². The van der Waals surface area contributed by atoms with Gasteiger partial charge in [0.15, 0.2) is 0 Å². The second kappa shape index (κ2) is 10.9. The molecule has 2 heterocycles. The van der Waals surface area contributed by atoms with Crippen molar-refractivity contribution in [3.05, 3.63) is 65.3 Å². The molecule has 1 atom stereocenters. The van der Waals surface area contributed by atoms with Crippen molar-refractivity contribution in [3.8, 4) is 17.5 Å². The minimum Gasteiger partial charge on any atom is -0.305 e. The number of nitrogens with zero attached hydrogens (tertiary/aromatic N) is 4. The maximum absolute atomic E-state index is 14.6. The number of halogens is 4. The molecule has 38 heavy (non-hydrogen) atoms. The Kier molecular flexibility index (Phi) is 8.24. The molecular weight excluding hydrogens is 522 g/mol. The van der Waals surface area contributed by atoms with Gasteiger partial charge in [-0.1, -0.05) is 6.08 Å². The van der Waals surface area contributed by atoms with Gasteiger partial charge < -0.3 is 4.57 Å². The Bertz CT molecular complexity index is 1610. The van der Waals surface area contributed by atoms with Gasteiger partial charge in [0.05, 0.1) is 34.4 Å². The van der Waals surface area contributed by atoms with Crippen molar-refractivity contribution in [2.45, 2.75) is 51.7 Å². The SMILES string of the molecule is CC=N/C=C(\C(C)=CC)n1c(-c2ccc(S(=O)(=O)NC(C)C(F)(F)F)cn2)c(C#N)c2cc(F)c(C)cc21. The first-order chi connectivity index (χ1) is 17.8. The van der Waals surface area contributed by atoms with E-state index in [2.05, 4.69) is 16.0 Å². The van der Waals surface area contributed by atoms with Crippen LogP contribution in [0.4, 0.5) is 17.6 Å². The summed E-state index contributed by atoms with van der Waals surface area (Å²) in [7, 11) is -4.54. The molecule has 2 aromatic heterocycles. The minimum atomic E-state index is -4.77. The molecule has 1 aromatic carbocycles. The van der Waals surface area contributed by atoms with Crippen LogP contribution in [0.2, 0.25) is 0 Å². The zero-order valence-electron chi connectivity index (χ0n) is 21.2. The first kappa shape index (κ1) is 28.7. The number of allylic oxidation sites excluding steroid dienone is 3. The Hall–Kier alpha value is -3.82. The number of nitriles is 1. The lowest BCUT2D eigenvalue weighted by Gasteiger charge is -2.17. The molecule has 3 rings (SSSR count). The molecule has 0 saturated carbocycles. The maximum Gasteiger partial charge on any atom is 0.404 e. The first-order valence-electron chi connectivity index (χ1n) is 11.4. The third kappa shape index (κ3) is 5.54. The van der Waals surface area contributed by atoms with Gasteiger partial charge in [0.25, 0.3) is 0 Å². The van der Waals surface area contributed by atoms with Gasteiger partial charge in [-0.05, 0) is 70.0 Å². The average Bonchev–Trinajstić information content (AvgIpc) is 3.16. The summed E-state index contributed by atoms with van der Waals surface area (Å²) in [6, 6.07) is 4.99. The van der Waals surface area contributed by atoms with Crippen LogP contribution in [-0.4, -0.2) is 36.4 Å². The number of rotatable bonds is 7. The molecule has 1 N–H and O–H groups in total. The summed E-state index contributed by atoms with van der Waals surface area (Å²) in [5, 5.41) is 10.4. The van der Waals surface area contributed by atoms with Gasteiger partial charge >= 0.3 is 6.18 Å². The van der Waals surface area contributed by atoms with Crippen LogP contribution in [0.1, 0.15) is 38.8 Å². The smallest absolute Gasteiger partial charge is 0.305 e. The number of aryl methyl sites for hydroxylation is 1. The van der Waals surface area contributed by atoms with E-state index in [4.69, 9.17) is 0 Å². The molecule has 0 fully saturated rings. The number of sulfonamides is 1. The van der Waals surface area contributed by atoms with Gasteiger partial charge in [0.1, 0.15) is 22.8 Å². The van der Waals surface area contributed by atoms with E-state index in [1.165, 1.54) is 12.1 Å². The van der Waals surface area contributed by atoms with Crippen LogP contribution >= 0.6 is 0 Å². The molecule has 0 aliphatic carbocycles. The fraction of sp³-hybridized carbons (Fsp3) is 0.269. The molecule has 1 unspecified atom stereocenters. The van der Waals surface area contributed by atoms with E-state index >= 15 is 0 Å². The highest BCUT2D eigenvalue weighted by atomic mass is 32.2. The number of aliphatic imine (C=N–C) groups is 1. The first-order valence-corrected chi connectivity index (χ1v) is 12.9. The standard InChI is InChI=1S/C26H25F4N5O2S/c1-6-15(3)24(14-32-7-2)35-23-10-16(4)21(27)11-19(23)20(12-31)25(35)22-9-8-18(13-33-22)38(36,37)34-17(5)26(28,29)30/h6-11,13-14,17,34H,1-5H3/b15-6?,24-14+,32-7?.